The summed E-state index contributed by atoms with van der Waals surface area (Å²) < 4.78 is 0. The maximum atomic E-state index is 12.9. The number of rotatable bonds is 4. The minimum absolute atomic E-state index is 0.0152. The molecule has 25 heavy (non-hydrogen) atoms. The van der Waals surface area contributed by atoms with Crippen LogP contribution in [0.15, 0.2) is 24.5 Å². The molecule has 3 aliphatic heterocycles. The van der Waals surface area contributed by atoms with E-state index < -0.39 is 0 Å². The Balaban J connectivity index is 1.44. The summed E-state index contributed by atoms with van der Waals surface area (Å²) in [6.07, 6.45) is 7.95. The second-order valence-electron chi connectivity index (χ2n) is 7.52. The van der Waals surface area contributed by atoms with Gasteiger partial charge in [-0.05, 0) is 55.8 Å². The highest BCUT2D eigenvalue weighted by atomic mass is 16.2. The summed E-state index contributed by atoms with van der Waals surface area (Å²) in [5.41, 5.74) is 1.16. The summed E-state index contributed by atoms with van der Waals surface area (Å²) in [5.74, 6) is 0.922. The van der Waals surface area contributed by atoms with E-state index in [1.807, 2.05) is 17.0 Å². The van der Waals surface area contributed by atoms with Crippen LogP contribution in [0, 0.1) is 11.8 Å². The molecule has 134 valence electrons. The average molecular weight is 342 g/mol. The fourth-order valence-electron chi connectivity index (χ4n) is 4.83. The molecule has 6 heteroatoms. The number of aromatic nitrogens is 1. The number of carbonyl (C=O) groups excluding carboxylic acids is 2. The molecule has 0 aliphatic carbocycles. The zero-order valence-corrected chi connectivity index (χ0v) is 14.5. The lowest BCUT2D eigenvalue weighted by Gasteiger charge is -2.53. The Morgan fingerprint density at radius 3 is 2.92 bits per heavy atom. The van der Waals surface area contributed by atoms with E-state index >= 15 is 0 Å². The number of carbonyl (C=O) groups is 2. The fraction of sp³-hybridized carbons (Fsp3) is 0.632. The van der Waals surface area contributed by atoms with E-state index in [1.165, 1.54) is 0 Å². The quantitative estimate of drug-likeness (QED) is 0.846. The number of piperidine rings is 3. The van der Waals surface area contributed by atoms with Gasteiger partial charge in [-0.15, -0.1) is 0 Å². The lowest BCUT2D eigenvalue weighted by Crippen LogP contribution is -2.68. The largest absolute Gasteiger partial charge is 0.354 e. The molecule has 4 rings (SSSR count). The minimum atomic E-state index is -0.306. The third kappa shape index (κ3) is 3.27. The van der Waals surface area contributed by atoms with Gasteiger partial charge in [0, 0.05) is 43.9 Å². The molecule has 3 saturated heterocycles. The first kappa shape index (κ1) is 16.5. The molecule has 0 spiro atoms. The molecule has 0 saturated carbocycles. The van der Waals surface area contributed by atoms with E-state index in [-0.39, 0.29) is 29.8 Å². The number of hydrogen-bond donors (Lipinski definition) is 2. The van der Waals surface area contributed by atoms with Crippen molar-refractivity contribution in [3.8, 4) is 0 Å². The summed E-state index contributed by atoms with van der Waals surface area (Å²) in [7, 11) is 0. The van der Waals surface area contributed by atoms with Crippen LogP contribution in [0.1, 0.15) is 31.2 Å². The second-order valence-corrected chi connectivity index (χ2v) is 7.52. The maximum Gasteiger partial charge on any atom is 0.243 e. The number of pyridine rings is 1. The minimum Gasteiger partial charge on any atom is -0.354 e. The Morgan fingerprint density at radius 1 is 1.28 bits per heavy atom. The van der Waals surface area contributed by atoms with Crippen LogP contribution in [0.4, 0.5) is 0 Å². The van der Waals surface area contributed by atoms with Gasteiger partial charge in [-0.25, -0.2) is 0 Å². The smallest absolute Gasteiger partial charge is 0.243 e. The summed E-state index contributed by atoms with van der Waals surface area (Å²) in [5, 5.41) is 6.55. The Kier molecular flexibility index (Phi) is 4.70. The topological polar surface area (TPSA) is 74.3 Å². The standard InChI is InChI=1S/C19H26N4O2/c24-17-3-1-2-16-14-10-15(12-21-11-14)18(23(16)17)19(25)22-9-6-13-4-7-20-8-5-13/h4-5,7-8,14-16,18,21H,1-3,6,9-12H2,(H,22,25)/t14-,15+,16+,18-/m1/s1. The van der Waals surface area contributed by atoms with Crippen LogP contribution >= 0.6 is 0 Å². The molecule has 3 fully saturated rings. The molecular formula is C19H26N4O2. The van der Waals surface area contributed by atoms with Gasteiger partial charge in [-0.1, -0.05) is 0 Å². The van der Waals surface area contributed by atoms with Gasteiger partial charge in [0.05, 0.1) is 0 Å². The first-order valence-corrected chi connectivity index (χ1v) is 9.42. The zero-order valence-electron chi connectivity index (χ0n) is 14.5. The van der Waals surface area contributed by atoms with E-state index in [0.29, 0.717) is 18.9 Å². The summed E-state index contributed by atoms with van der Waals surface area (Å²) in [4.78, 5) is 31.5. The monoisotopic (exact) mass is 342 g/mol. The summed E-state index contributed by atoms with van der Waals surface area (Å²) in [6, 6.07) is 3.86. The van der Waals surface area contributed by atoms with Gasteiger partial charge in [0.1, 0.15) is 6.04 Å². The Bertz CT molecular complexity index is 636. The van der Waals surface area contributed by atoms with Crippen molar-refractivity contribution in [1.82, 2.24) is 20.5 Å². The number of amides is 2. The summed E-state index contributed by atoms with van der Waals surface area (Å²) in [6.45, 7) is 2.40. The van der Waals surface area contributed by atoms with Gasteiger partial charge in [0.15, 0.2) is 0 Å². The average Bonchev–Trinajstić information content (AvgIpc) is 2.64. The maximum absolute atomic E-state index is 12.9. The van der Waals surface area contributed by atoms with Crippen LogP contribution in [0.25, 0.3) is 0 Å². The van der Waals surface area contributed by atoms with Gasteiger partial charge in [0.25, 0.3) is 0 Å². The second kappa shape index (κ2) is 7.12. The third-order valence-electron chi connectivity index (χ3n) is 5.98. The SMILES string of the molecule is O=C(NCCc1ccncc1)[C@H]1[C@@H]2CNC[C@@H](C2)[C@@H]2CCCC(=O)N21. The normalized spacial score (nSPS) is 31.4. The van der Waals surface area contributed by atoms with Crippen molar-refractivity contribution in [1.29, 1.82) is 0 Å². The predicted octanol–water partition coefficient (Wildman–Crippen LogP) is 0.729. The predicted molar refractivity (Wildman–Crippen MR) is 93.7 cm³/mol. The highest BCUT2D eigenvalue weighted by Gasteiger charge is 2.50. The first-order valence-electron chi connectivity index (χ1n) is 9.42. The van der Waals surface area contributed by atoms with Gasteiger partial charge < -0.3 is 15.5 Å². The molecule has 2 bridgehead atoms. The molecule has 4 atom stereocenters. The highest BCUT2D eigenvalue weighted by Crippen LogP contribution is 2.39. The molecule has 2 amide bonds. The number of fused-ring (bicyclic) bond motifs is 4. The van der Waals surface area contributed by atoms with E-state index in [0.717, 1.165) is 44.3 Å². The molecular weight excluding hydrogens is 316 g/mol. The molecule has 0 aromatic carbocycles. The van der Waals surface area contributed by atoms with Crippen LogP contribution in [0.5, 0.6) is 0 Å². The number of nitrogens with zero attached hydrogens (tertiary/aromatic N) is 2. The van der Waals surface area contributed by atoms with Crippen molar-refractivity contribution >= 4 is 11.8 Å². The van der Waals surface area contributed by atoms with E-state index in [2.05, 4.69) is 15.6 Å². The van der Waals surface area contributed by atoms with Crippen molar-refractivity contribution in [3.05, 3.63) is 30.1 Å². The van der Waals surface area contributed by atoms with Crippen molar-refractivity contribution in [2.45, 2.75) is 44.2 Å². The molecule has 4 heterocycles. The Morgan fingerprint density at radius 2 is 2.08 bits per heavy atom. The first-order chi connectivity index (χ1) is 12.2. The molecule has 0 unspecified atom stereocenters. The summed E-state index contributed by atoms with van der Waals surface area (Å²) >= 11 is 0. The molecule has 2 N–H and O–H groups in total. The van der Waals surface area contributed by atoms with Crippen LogP contribution < -0.4 is 10.6 Å². The molecule has 1 aromatic heterocycles. The van der Waals surface area contributed by atoms with Crippen LogP contribution in [0.3, 0.4) is 0 Å². The molecule has 3 aliphatic rings. The molecule has 1 aromatic rings. The molecule has 6 nitrogen and oxygen atoms in total. The number of nitrogens with one attached hydrogen (secondary N) is 2. The van der Waals surface area contributed by atoms with Gasteiger partial charge in [-0.2, -0.15) is 0 Å². The van der Waals surface area contributed by atoms with Crippen LogP contribution in [-0.4, -0.2) is 53.4 Å². The van der Waals surface area contributed by atoms with E-state index in [1.54, 1.807) is 12.4 Å². The molecule has 0 radical (unpaired) electrons. The lowest BCUT2D eigenvalue weighted by molar-refractivity contribution is -0.157. The van der Waals surface area contributed by atoms with Crippen LogP contribution in [-0.2, 0) is 16.0 Å². The van der Waals surface area contributed by atoms with Gasteiger partial charge in [-0.3, -0.25) is 14.6 Å². The van der Waals surface area contributed by atoms with E-state index in [4.69, 9.17) is 0 Å². The van der Waals surface area contributed by atoms with Gasteiger partial charge in [0.2, 0.25) is 11.8 Å². The van der Waals surface area contributed by atoms with Crippen LogP contribution in [0.2, 0.25) is 0 Å². The van der Waals surface area contributed by atoms with Crippen molar-refractivity contribution < 1.29 is 9.59 Å². The van der Waals surface area contributed by atoms with Gasteiger partial charge >= 0.3 is 0 Å². The van der Waals surface area contributed by atoms with Crippen molar-refractivity contribution in [2.75, 3.05) is 19.6 Å². The van der Waals surface area contributed by atoms with Crippen molar-refractivity contribution in [3.63, 3.8) is 0 Å². The Hall–Kier alpha value is -1.95. The van der Waals surface area contributed by atoms with Crippen molar-refractivity contribution in [2.24, 2.45) is 11.8 Å². The number of hydrogen-bond acceptors (Lipinski definition) is 4. The fourth-order valence-corrected chi connectivity index (χ4v) is 4.83. The lowest BCUT2D eigenvalue weighted by atomic mass is 9.72. The highest BCUT2D eigenvalue weighted by molar-refractivity contribution is 5.89. The third-order valence-corrected chi connectivity index (χ3v) is 5.98. The Labute approximate surface area is 148 Å². The zero-order chi connectivity index (χ0) is 17.2. The van der Waals surface area contributed by atoms with E-state index in [9.17, 15) is 9.59 Å².